The van der Waals surface area contributed by atoms with Gasteiger partial charge < -0.3 is 14.7 Å². The normalized spacial score (nSPS) is 17.9. The third-order valence-corrected chi connectivity index (χ3v) is 7.21. The van der Waals surface area contributed by atoms with Gasteiger partial charge in [-0.15, -0.1) is 11.3 Å². The van der Waals surface area contributed by atoms with E-state index in [1.54, 1.807) is 29.6 Å². The van der Waals surface area contributed by atoms with Crippen molar-refractivity contribution in [2.45, 2.75) is 44.9 Å². The van der Waals surface area contributed by atoms with Crippen molar-refractivity contribution in [3.05, 3.63) is 92.7 Å². The summed E-state index contributed by atoms with van der Waals surface area (Å²) in [6, 6.07) is 12.4. The molecule has 1 N–H and O–H groups in total. The molecule has 1 fully saturated rings. The van der Waals surface area contributed by atoms with Crippen molar-refractivity contribution < 1.29 is 32.6 Å². The minimum Gasteiger partial charge on any atom is -0.507 e. The zero-order valence-electron chi connectivity index (χ0n) is 20.7. The summed E-state index contributed by atoms with van der Waals surface area (Å²) in [6.45, 7) is 5.75. The van der Waals surface area contributed by atoms with Crippen LogP contribution >= 0.6 is 11.3 Å². The number of hydrogen-bond donors (Lipinski definition) is 1. The molecule has 194 valence electrons. The molecular formula is C28H26F3NO4S. The minimum atomic E-state index is -4.55. The molecule has 0 saturated carbocycles. The van der Waals surface area contributed by atoms with E-state index in [1.807, 2.05) is 26.8 Å². The third-order valence-electron chi connectivity index (χ3n) is 6.28. The van der Waals surface area contributed by atoms with Gasteiger partial charge in [-0.05, 0) is 52.3 Å². The van der Waals surface area contributed by atoms with Gasteiger partial charge in [0, 0.05) is 11.4 Å². The number of nitrogens with zero attached hydrogens (tertiary/aromatic N) is 1. The van der Waals surface area contributed by atoms with Gasteiger partial charge in [-0.1, -0.05) is 45.0 Å². The van der Waals surface area contributed by atoms with Crippen LogP contribution in [-0.2, 0) is 27.7 Å². The topological polar surface area (TPSA) is 66.8 Å². The Hall–Kier alpha value is -3.59. The molecule has 1 aliphatic rings. The van der Waals surface area contributed by atoms with Crippen LogP contribution in [0.3, 0.4) is 0 Å². The van der Waals surface area contributed by atoms with E-state index in [1.165, 1.54) is 35.5 Å². The van der Waals surface area contributed by atoms with Gasteiger partial charge in [-0.3, -0.25) is 9.59 Å². The first-order chi connectivity index (χ1) is 17.3. The van der Waals surface area contributed by atoms with E-state index in [0.717, 1.165) is 17.7 Å². The fraction of sp³-hybridized carbons (Fsp3) is 0.286. The van der Waals surface area contributed by atoms with Crippen molar-refractivity contribution in [2.75, 3.05) is 7.11 Å². The van der Waals surface area contributed by atoms with Crippen LogP contribution in [0.25, 0.3) is 5.76 Å². The van der Waals surface area contributed by atoms with Crippen LogP contribution < -0.4 is 4.74 Å². The lowest BCUT2D eigenvalue weighted by molar-refractivity contribution is -0.140. The van der Waals surface area contributed by atoms with Gasteiger partial charge in [0.25, 0.3) is 11.7 Å². The van der Waals surface area contributed by atoms with E-state index in [0.29, 0.717) is 10.6 Å². The third kappa shape index (κ3) is 5.13. The first kappa shape index (κ1) is 26.5. The number of thiophene rings is 1. The number of ketones is 1. The summed E-state index contributed by atoms with van der Waals surface area (Å²) in [6.07, 6.45) is -4.55. The van der Waals surface area contributed by atoms with Crippen LogP contribution in [0.15, 0.2) is 65.6 Å². The Morgan fingerprint density at radius 2 is 1.76 bits per heavy atom. The highest BCUT2D eigenvalue weighted by molar-refractivity contribution is 7.10. The molecule has 4 rings (SSSR count). The molecule has 3 aromatic rings. The number of aliphatic hydroxyl groups is 1. The van der Waals surface area contributed by atoms with Crippen LogP contribution in [-0.4, -0.2) is 28.8 Å². The maximum atomic E-state index is 13.3. The fourth-order valence-electron chi connectivity index (χ4n) is 4.33. The number of likely N-dealkylation sites (tertiary alicyclic amines) is 1. The standard InChI is InChI=1S/C28H26F3NO4S/c1-27(2,3)17-10-11-20(36-4)19(14-17)24(33)22-23(21-9-6-12-37-21)32(26(35)25(22)34)15-16-7-5-8-18(13-16)28(29,30)31/h5-14,23,33H,15H2,1-4H3/b24-22+. The molecule has 37 heavy (non-hydrogen) atoms. The maximum absolute atomic E-state index is 13.3. The number of alkyl halides is 3. The lowest BCUT2D eigenvalue weighted by Crippen LogP contribution is -2.29. The Labute approximate surface area is 216 Å². The van der Waals surface area contributed by atoms with Crippen LogP contribution in [0.1, 0.15) is 53.9 Å². The Balaban J connectivity index is 1.87. The van der Waals surface area contributed by atoms with E-state index in [2.05, 4.69) is 0 Å². The monoisotopic (exact) mass is 529 g/mol. The predicted molar refractivity (Wildman–Crippen MR) is 135 cm³/mol. The molecule has 5 nitrogen and oxygen atoms in total. The quantitative estimate of drug-likeness (QED) is 0.227. The molecule has 1 atom stereocenters. The summed E-state index contributed by atoms with van der Waals surface area (Å²) in [5, 5.41) is 13.2. The summed E-state index contributed by atoms with van der Waals surface area (Å²) >= 11 is 1.28. The molecule has 0 spiro atoms. The molecule has 0 aliphatic carbocycles. The SMILES string of the molecule is COc1ccc(C(C)(C)C)cc1/C(O)=C1\C(=O)C(=O)N(Cc2cccc(C(F)(F)F)c2)C1c1cccs1. The summed E-state index contributed by atoms with van der Waals surface area (Å²) < 4.78 is 45.3. The lowest BCUT2D eigenvalue weighted by Gasteiger charge is -2.25. The molecule has 1 aromatic heterocycles. The van der Waals surface area contributed by atoms with Gasteiger partial charge in [0.1, 0.15) is 11.5 Å². The molecule has 1 aliphatic heterocycles. The van der Waals surface area contributed by atoms with E-state index >= 15 is 0 Å². The van der Waals surface area contributed by atoms with E-state index in [4.69, 9.17) is 4.74 Å². The molecule has 1 amide bonds. The second-order valence-corrected chi connectivity index (χ2v) is 10.8. The molecule has 1 unspecified atom stereocenters. The second kappa shape index (κ2) is 9.70. The van der Waals surface area contributed by atoms with Crippen molar-refractivity contribution in [1.82, 2.24) is 4.90 Å². The number of aliphatic hydroxyl groups excluding tert-OH is 1. The van der Waals surface area contributed by atoms with Crippen molar-refractivity contribution >= 4 is 28.8 Å². The van der Waals surface area contributed by atoms with Gasteiger partial charge in [0.15, 0.2) is 0 Å². The lowest BCUT2D eigenvalue weighted by atomic mass is 9.85. The highest BCUT2D eigenvalue weighted by Gasteiger charge is 2.47. The highest BCUT2D eigenvalue weighted by Crippen LogP contribution is 2.44. The Morgan fingerprint density at radius 3 is 2.35 bits per heavy atom. The molecule has 1 saturated heterocycles. The van der Waals surface area contributed by atoms with Crippen molar-refractivity contribution in [3.8, 4) is 5.75 Å². The number of methoxy groups -OCH3 is 1. The molecule has 2 aromatic carbocycles. The van der Waals surface area contributed by atoms with E-state index in [9.17, 15) is 27.9 Å². The average Bonchev–Trinajstić information content (AvgIpc) is 3.45. The maximum Gasteiger partial charge on any atom is 0.416 e. The fourth-order valence-corrected chi connectivity index (χ4v) is 5.18. The van der Waals surface area contributed by atoms with Crippen molar-refractivity contribution in [3.63, 3.8) is 0 Å². The van der Waals surface area contributed by atoms with Crippen LogP contribution in [0.2, 0.25) is 0 Å². The number of rotatable bonds is 5. The number of Topliss-reactive ketones (excluding diaryl/α,β-unsaturated/α-hetero) is 1. The van der Waals surface area contributed by atoms with Crippen LogP contribution in [0.4, 0.5) is 13.2 Å². The Bertz CT molecular complexity index is 1370. The van der Waals surface area contributed by atoms with E-state index in [-0.39, 0.29) is 28.7 Å². The first-order valence-corrected chi connectivity index (χ1v) is 12.4. The van der Waals surface area contributed by atoms with Crippen molar-refractivity contribution in [2.24, 2.45) is 0 Å². The zero-order chi connectivity index (χ0) is 27.1. The van der Waals surface area contributed by atoms with Crippen LogP contribution in [0, 0.1) is 0 Å². The summed E-state index contributed by atoms with van der Waals surface area (Å²) in [5.41, 5.74) is 0.0890. The first-order valence-electron chi connectivity index (χ1n) is 11.5. The van der Waals surface area contributed by atoms with E-state index < -0.39 is 35.2 Å². The molecule has 9 heteroatoms. The number of halogens is 3. The molecule has 2 heterocycles. The number of carbonyl (C=O) groups excluding carboxylic acids is 2. The second-order valence-electron chi connectivity index (χ2n) is 9.81. The average molecular weight is 530 g/mol. The number of benzene rings is 2. The zero-order valence-corrected chi connectivity index (χ0v) is 21.5. The van der Waals surface area contributed by atoms with Crippen LogP contribution in [0.5, 0.6) is 5.75 Å². The minimum absolute atomic E-state index is 0.135. The van der Waals surface area contributed by atoms with Crippen molar-refractivity contribution in [1.29, 1.82) is 0 Å². The number of amides is 1. The summed E-state index contributed by atoms with van der Waals surface area (Å²) in [4.78, 5) is 28.3. The largest absolute Gasteiger partial charge is 0.507 e. The highest BCUT2D eigenvalue weighted by atomic mass is 32.1. The molecule has 0 bridgehead atoms. The molecule has 0 radical (unpaired) electrons. The van der Waals surface area contributed by atoms with Gasteiger partial charge in [0.2, 0.25) is 0 Å². The number of hydrogen-bond acceptors (Lipinski definition) is 5. The Morgan fingerprint density at radius 1 is 1.03 bits per heavy atom. The van der Waals surface area contributed by atoms with Gasteiger partial charge in [-0.2, -0.15) is 13.2 Å². The van der Waals surface area contributed by atoms with Gasteiger partial charge in [0.05, 0.1) is 29.9 Å². The summed E-state index contributed by atoms with van der Waals surface area (Å²) in [5.74, 6) is -1.89. The Kier molecular flexibility index (Phi) is 6.94. The summed E-state index contributed by atoms with van der Waals surface area (Å²) in [7, 11) is 1.44. The predicted octanol–water partition coefficient (Wildman–Crippen LogP) is 6.69. The smallest absolute Gasteiger partial charge is 0.416 e. The van der Waals surface area contributed by atoms with Gasteiger partial charge in [-0.25, -0.2) is 0 Å². The number of ether oxygens (including phenoxy) is 1. The number of carbonyl (C=O) groups is 2. The van der Waals surface area contributed by atoms with Gasteiger partial charge >= 0.3 is 6.18 Å². The molecular weight excluding hydrogens is 503 g/mol.